The predicted molar refractivity (Wildman–Crippen MR) is 129 cm³/mol. The number of allylic oxidation sites excluding steroid dienone is 1. The number of fused-ring (bicyclic) bond motifs is 1. The smallest absolute Gasteiger partial charge is 0.207 e. The monoisotopic (exact) mass is 442 g/mol. The summed E-state index contributed by atoms with van der Waals surface area (Å²) in [4.78, 5) is 24.6. The van der Waals surface area contributed by atoms with Gasteiger partial charge in [-0.2, -0.15) is 0 Å². The molecule has 0 aliphatic heterocycles. The third-order valence-electron chi connectivity index (χ3n) is 5.15. The number of ketones is 1. The molecule has 5 heteroatoms. The van der Waals surface area contributed by atoms with Crippen LogP contribution < -0.4 is 9.47 Å². The minimum absolute atomic E-state index is 0.0665. The Balaban J connectivity index is 1.79. The normalized spacial score (nSPS) is 11.1. The third-order valence-corrected chi connectivity index (χ3v) is 6.28. The van der Waals surface area contributed by atoms with Crippen LogP contribution in [0.2, 0.25) is 0 Å². The fourth-order valence-electron chi connectivity index (χ4n) is 3.54. The van der Waals surface area contributed by atoms with Gasteiger partial charge in [-0.25, -0.2) is 0 Å². The van der Waals surface area contributed by atoms with Crippen molar-refractivity contribution in [2.75, 3.05) is 7.11 Å². The van der Waals surface area contributed by atoms with Gasteiger partial charge in [-0.3, -0.25) is 9.59 Å². The molecule has 160 valence electrons. The number of ether oxygens (including phenoxy) is 2. The highest BCUT2D eigenvalue weighted by Gasteiger charge is 2.23. The van der Waals surface area contributed by atoms with Crippen molar-refractivity contribution in [1.29, 1.82) is 0 Å². The molecule has 0 N–H and O–H groups in total. The molecule has 0 bridgehead atoms. The minimum Gasteiger partial charge on any atom is -0.497 e. The lowest BCUT2D eigenvalue weighted by molar-refractivity contribution is -0.104. The lowest BCUT2D eigenvalue weighted by Crippen LogP contribution is -2.03. The quantitative estimate of drug-likeness (QED) is 0.180. The van der Waals surface area contributed by atoms with E-state index in [1.807, 2.05) is 74.5 Å². The van der Waals surface area contributed by atoms with E-state index >= 15 is 0 Å². The molecule has 0 fully saturated rings. The summed E-state index contributed by atoms with van der Waals surface area (Å²) in [6.45, 7) is 3.96. The number of methoxy groups -OCH3 is 1. The molecule has 4 rings (SSSR count). The molecule has 0 saturated carbocycles. The third kappa shape index (κ3) is 4.34. The van der Waals surface area contributed by atoms with Crippen LogP contribution in [0.25, 0.3) is 16.2 Å². The molecule has 0 aliphatic rings. The fraction of sp³-hybridized carbons (Fsp3) is 0.111. The molecular formula is C27H22O4S. The minimum atomic E-state index is -0.0665. The number of carbonyl (C=O) groups excluding carboxylic acids is 2. The van der Waals surface area contributed by atoms with Crippen molar-refractivity contribution in [3.05, 3.63) is 93.9 Å². The van der Waals surface area contributed by atoms with Gasteiger partial charge in [-0.05, 0) is 61.4 Å². The molecule has 0 unspecified atom stereocenters. The molecule has 0 atom stereocenters. The van der Waals surface area contributed by atoms with Crippen molar-refractivity contribution in [1.82, 2.24) is 0 Å². The van der Waals surface area contributed by atoms with Gasteiger partial charge >= 0.3 is 0 Å². The summed E-state index contributed by atoms with van der Waals surface area (Å²) in [6, 6.07) is 18.9. The number of hydrogen-bond acceptors (Lipinski definition) is 5. The molecule has 0 saturated heterocycles. The van der Waals surface area contributed by atoms with Crippen molar-refractivity contribution in [3.8, 4) is 17.2 Å². The van der Waals surface area contributed by atoms with Crippen LogP contribution in [0.5, 0.6) is 17.2 Å². The van der Waals surface area contributed by atoms with E-state index in [9.17, 15) is 9.59 Å². The topological polar surface area (TPSA) is 52.6 Å². The zero-order chi connectivity index (χ0) is 22.7. The van der Waals surface area contributed by atoms with Gasteiger partial charge in [0, 0.05) is 15.6 Å². The van der Waals surface area contributed by atoms with Crippen LogP contribution in [-0.2, 0) is 4.79 Å². The van der Waals surface area contributed by atoms with Gasteiger partial charge < -0.3 is 9.47 Å². The van der Waals surface area contributed by atoms with Gasteiger partial charge in [0.05, 0.1) is 7.11 Å². The summed E-state index contributed by atoms with van der Waals surface area (Å²) in [6.07, 6.45) is 3.90. The highest BCUT2D eigenvalue weighted by atomic mass is 32.1. The molecule has 0 aliphatic carbocycles. The van der Waals surface area contributed by atoms with Gasteiger partial charge in [-0.1, -0.05) is 42.0 Å². The number of benzene rings is 3. The van der Waals surface area contributed by atoms with E-state index in [0.29, 0.717) is 21.9 Å². The highest BCUT2D eigenvalue weighted by molar-refractivity contribution is 7.21. The van der Waals surface area contributed by atoms with E-state index in [0.717, 1.165) is 38.8 Å². The Morgan fingerprint density at radius 2 is 1.69 bits per heavy atom. The van der Waals surface area contributed by atoms with Crippen LogP contribution in [0.15, 0.2) is 66.7 Å². The van der Waals surface area contributed by atoms with Gasteiger partial charge in [0.15, 0.2) is 5.75 Å². The zero-order valence-electron chi connectivity index (χ0n) is 18.0. The number of hydrogen-bond donors (Lipinski definition) is 0. The first-order chi connectivity index (χ1) is 15.5. The Labute approximate surface area is 190 Å². The second-order valence-electron chi connectivity index (χ2n) is 7.44. The number of aryl methyl sites for hydroxylation is 2. The zero-order valence-corrected chi connectivity index (χ0v) is 18.9. The number of carbonyl (C=O) groups is 2. The van der Waals surface area contributed by atoms with E-state index in [2.05, 4.69) is 0 Å². The summed E-state index contributed by atoms with van der Waals surface area (Å²) in [5.74, 6) is 1.80. The fourth-order valence-corrected chi connectivity index (χ4v) is 4.65. The standard InChI is InChI=1S/C27H22O4S/c1-17-6-12-22(18(2)15-17)25(29)27-26(23-13-11-21(30-3)16-24(23)32-27)31-20-9-7-19(8-10-20)5-4-14-28/h4-16H,1-3H3/b5-4+. The molecule has 0 amide bonds. The summed E-state index contributed by atoms with van der Waals surface area (Å²) in [7, 11) is 1.62. The number of aldehydes is 1. The Morgan fingerprint density at radius 3 is 2.38 bits per heavy atom. The van der Waals surface area contributed by atoms with Crippen molar-refractivity contribution in [2.24, 2.45) is 0 Å². The van der Waals surface area contributed by atoms with E-state index in [1.54, 1.807) is 13.2 Å². The van der Waals surface area contributed by atoms with Gasteiger partial charge in [0.25, 0.3) is 0 Å². The van der Waals surface area contributed by atoms with E-state index in [1.165, 1.54) is 17.4 Å². The van der Waals surface area contributed by atoms with Crippen molar-refractivity contribution in [3.63, 3.8) is 0 Å². The molecule has 0 spiro atoms. The Morgan fingerprint density at radius 1 is 0.938 bits per heavy atom. The van der Waals surface area contributed by atoms with Crippen molar-refractivity contribution in [2.45, 2.75) is 13.8 Å². The summed E-state index contributed by atoms with van der Waals surface area (Å²) in [5, 5.41) is 0.855. The Kier molecular flexibility index (Phi) is 6.19. The first kappa shape index (κ1) is 21.5. The maximum Gasteiger partial charge on any atom is 0.207 e. The van der Waals surface area contributed by atoms with Crippen LogP contribution in [0.1, 0.15) is 31.9 Å². The van der Waals surface area contributed by atoms with E-state index < -0.39 is 0 Å². The van der Waals surface area contributed by atoms with Crippen LogP contribution in [0.4, 0.5) is 0 Å². The average molecular weight is 443 g/mol. The van der Waals surface area contributed by atoms with E-state index in [-0.39, 0.29) is 5.78 Å². The number of thiophene rings is 1. The first-order valence-corrected chi connectivity index (χ1v) is 10.9. The van der Waals surface area contributed by atoms with Crippen LogP contribution in [0.3, 0.4) is 0 Å². The van der Waals surface area contributed by atoms with Crippen LogP contribution in [-0.4, -0.2) is 19.2 Å². The second-order valence-corrected chi connectivity index (χ2v) is 8.49. The lowest BCUT2D eigenvalue weighted by Gasteiger charge is -2.10. The van der Waals surface area contributed by atoms with Crippen LogP contribution >= 0.6 is 11.3 Å². The maximum absolute atomic E-state index is 13.5. The van der Waals surface area contributed by atoms with Crippen molar-refractivity contribution >= 4 is 39.6 Å². The maximum atomic E-state index is 13.5. The molecule has 1 heterocycles. The van der Waals surface area contributed by atoms with Gasteiger partial charge in [-0.15, -0.1) is 11.3 Å². The van der Waals surface area contributed by atoms with E-state index in [4.69, 9.17) is 9.47 Å². The highest BCUT2D eigenvalue weighted by Crippen LogP contribution is 2.43. The van der Waals surface area contributed by atoms with Gasteiger partial charge in [0.2, 0.25) is 5.78 Å². The SMILES string of the molecule is COc1ccc2c(Oc3ccc(/C=C/C=O)cc3)c(C(=O)c3ccc(C)cc3C)sc2c1. The average Bonchev–Trinajstić information content (AvgIpc) is 3.15. The molecule has 1 aromatic heterocycles. The Bertz CT molecular complexity index is 1330. The van der Waals surface area contributed by atoms with Gasteiger partial charge in [0.1, 0.15) is 22.7 Å². The first-order valence-electron chi connectivity index (χ1n) is 10.1. The Hall–Kier alpha value is -3.70. The molecule has 32 heavy (non-hydrogen) atoms. The predicted octanol–water partition coefficient (Wildman–Crippen LogP) is 6.76. The van der Waals surface area contributed by atoms with Crippen LogP contribution in [0, 0.1) is 13.8 Å². The molecule has 4 nitrogen and oxygen atoms in total. The molecule has 0 radical (unpaired) electrons. The summed E-state index contributed by atoms with van der Waals surface area (Å²) >= 11 is 1.40. The molecule has 3 aromatic carbocycles. The molecular weight excluding hydrogens is 420 g/mol. The largest absolute Gasteiger partial charge is 0.497 e. The second kappa shape index (κ2) is 9.20. The number of rotatable bonds is 7. The summed E-state index contributed by atoms with van der Waals surface area (Å²) < 4.78 is 12.5. The lowest BCUT2D eigenvalue weighted by atomic mass is 10.0. The van der Waals surface area contributed by atoms with Crippen molar-refractivity contribution < 1.29 is 19.1 Å². The molecule has 4 aromatic rings. The summed E-state index contributed by atoms with van der Waals surface area (Å²) in [5.41, 5.74) is 3.59.